The second kappa shape index (κ2) is 13.8. The number of carboxylic acids is 1. The van der Waals surface area contributed by atoms with Crippen LogP contribution in [-0.4, -0.2) is 30.1 Å². The average molecular weight is 493 g/mol. The van der Waals surface area contributed by atoms with Gasteiger partial charge in [0.1, 0.15) is 11.3 Å². The maximum atomic E-state index is 11.7. The Hall–Kier alpha value is -3.91. The Balaban J connectivity index is 0.000000352. The molecule has 1 heterocycles. The lowest BCUT2D eigenvalue weighted by molar-refractivity contribution is -0.132. The minimum absolute atomic E-state index is 0.0591. The molecule has 1 aliphatic heterocycles. The standard InChI is InChI=1S/C20H18N2O3.C8H18N2O/c1-3-13(14(4-2)20(23)24)19-15-7-5-11(21)9-17(15)25-18-10-12(22)6-8-16(18)19;1-8(11)10-7-5-3-2-4-6-9/h3-10,21H,22H2,1-2H3,(H,23,24);2-7,9H2,1H3,(H,10,11)/b13-3+,14-4+,21-11?;. The van der Waals surface area contributed by atoms with Gasteiger partial charge in [0.25, 0.3) is 0 Å². The van der Waals surface area contributed by atoms with Gasteiger partial charge in [-0.25, -0.2) is 4.79 Å². The molecule has 7 N–H and O–H groups in total. The molecule has 0 bridgehead atoms. The first kappa shape index (κ1) is 28.3. The number of carbonyl (C=O) groups is 2. The van der Waals surface area contributed by atoms with E-state index in [1.807, 2.05) is 6.07 Å². The third-order valence-corrected chi connectivity index (χ3v) is 5.62. The van der Waals surface area contributed by atoms with Crippen LogP contribution in [0.1, 0.15) is 52.0 Å². The quantitative estimate of drug-likeness (QED) is 0.0960. The number of carboxylic acid groups (broad SMARTS) is 1. The molecule has 1 aromatic rings. The fraction of sp³-hybridized carbons (Fsp3) is 0.321. The van der Waals surface area contributed by atoms with Crippen molar-refractivity contribution in [2.45, 2.75) is 46.5 Å². The number of carbonyl (C=O) groups excluding carboxylic acids is 1. The van der Waals surface area contributed by atoms with Crippen LogP contribution in [0.3, 0.4) is 0 Å². The fourth-order valence-corrected chi connectivity index (χ4v) is 3.91. The van der Waals surface area contributed by atoms with Crippen molar-refractivity contribution in [3.63, 3.8) is 0 Å². The zero-order valence-corrected chi connectivity index (χ0v) is 21.2. The molecule has 0 saturated heterocycles. The SMILES string of the molecule is C/C=C(\C(=C/C)C(=O)O)c1c2ccc(=N)cc-2oc2cc(N)ccc12.CC(=O)NCCCCCCN. The van der Waals surface area contributed by atoms with Crippen LogP contribution in [0.15, 0.2) is 58.5 Å². The minimum atomic E-state index is -0.995. The second-order valence-electron chi connectivity index (χ2n) is 8.34. The molecule has 3 rings (SSSR count). The van der Waals surface area contributed by atoms with Crippen molar-refractivity contribution in [1.29, 1.82) is 5.41 Å². The van der Waals surface area contributed by atoms with E-state index in [0.717, 1.165) is 48.9 Å². The van der Waals surface area contributed by atoms with Crippen molar-refractivity contribution < 1.29 is 19.1 Å². The number of nitrogens with two attached hydrogens (primary N) is 2. The van der Waals surface area contributed by atoms with Gasteiger partial charge in [0, 0.05) is 47.8 Å². The van der Waals surface area contributed by atoms with Gasteiger partial charge < -0.3 is 31.7 Å². The Morgan fingerprint density at radius 2 is 1.78 bits per heavy atom. The Labute approximate surface area is 211 Å². The van der Waals surface area contributed by atoms with E-state index in [0.29, 0.717) is 28.0 Å². The summed E-state index contributed by atoms with van der Waals surface area (Å²) in [4.78, 5) is 22.1. The molecule has 0 atom stereocenters. The lowest BCUT2D eigenvalue weighted by Gasteiger charge is -2.18. The van der Waals surface area contributed by atoms with Gasteiger partial charge in [0.05, 0.1) is 10.9 Å². The van der Waals surface area contributed by atoms with Crippen molar-refractivity contribution in [3.8, 4) is 11.3 Å². The molecular weight excluding hydrogens is 456 g/mol. The summed E-state index contributed by atoms with van der Waals surface area (Å²) in [6.07, 6.45) is 7.87. The first-order chi connectivity index (χ1) is 17.2. The molecule has 36 heavy (non-hydrogen) atoms. The predicted molar refractivity (Wildman–Crippen MR) is 144 cm³/mol. The highest BCUT2D eigenvalue weighted by molar-refractivity contribution is 6.12. The molecule has 0 fully saturated rings. The maximum Gasteiger partial charge on any atom is 0.335 e. The van der Waals surface area contributed by atoms with Crippen molar-refractivity contribution in [2.24, 2.45) is 5.73 Å². The van der Waals surface area contributed by atoms with Gasteiger partial charge in [-0.1, -0.05) is 25.0 Å². The molecule has 1 amide bonds. The van der Waals surface area contributed by atoms with Gasteiger partial charge in [0.15, 0.2) is 0 Å². The van der Waals surface area contributed by atoms with E-state index in [1.165, 1.54) is 6.42 Å². The highest BCUT2D eigenvalue weighted by atomic mass is 16.4. The summed E-state index contributed by atoms with van der Waals surface area (Å²) in [5.41, 5.74) is 14.6. The number of nitrogen functional groups attached to an aromatic ring is 1. The summed E-state index contributed by atoms with van der Waals surface area (Å²) in [7, 11) is 0. The minimum Gasteiger partial charge on any atom is -0.478 e. The lowest BCUT2D eigenvalue weighted by Crippen LogP contribution is -2.20. The number of allylic oxidation sites excluding steroid dienone is 2. The topological polar surface area (TPSA) is 155 Å². The van der Waals surface area contributed by atoms with Gasteiger partial charge >= 0.3 is 5.97 Å². The molecule has 1 aliphatic carbocycles. The number of rotatable bonds is 9. The molecule has 2 aliphatic rings. The van der Waals surface area contributed by atoms with Crippen LogP contribution in [0.5, 0.6) is 0 Å². The molecule has 0 saturated carbocycles. The van der Waals surface area contributed by atoms with Crippen LogP contribution in [0.4, 0.5) is 5.69 Å². The highest BCUT2D eigenvalue weighted by Crippen LogP contribution is 2.40. The molecular formula is C28H36N4O4. The van der Waals surface area contributed by atoms with Crippen LogP contribution in [-0.2, 0) is 9.59 Å². The summed E-state index contributed by atoms with van der Waals surface area (Å²) >= 11 is 0. The van der Waals surface area contributed by atoms with E-state index in [9.17, 15) is 14.7 Å². The smallest absolute Gasteiger partial charge is 0.335 e. The van der Waals surface area contributed by atoms with Crippen LogP contribution >= 0.6 is 0 Å². The zero-order chi connectivity index (χ0) is 26.7. The molecule has 192 valence electrons. The summed E-state index contributed by atoms with van der Waals surface area (Å²) in [5, 5.41) is 21.3. The van der Waals surface area contributed by atoms with Crippen molar-refractivity contribution >= 4 is 34.1 Å². The summed E-state index contributed by atoms with van der Waals surface area (Å²) in [6.45, 7) is 6.63. The van der Waals surface area contributed by atoms with Gasteiger partial charge in [-0.15, -0.1) is 0 Å². The molecule has 8 heteroatoms. The largest absolute Gasteiger partial charge is 0.478 e. The van der Waals surface area contributed by atoms with E-state index in [-0.39, 0.29) is 11.5 Å². The van der Waals surface area contributed by atoms with Crippen molar-refractivity contribution in [2.75, 3.05) is 18.8 Å². The normalized spacial score (nSPS) is 11.8. The number of fused-ring (bicyclic) bond motifs is 2. The highest BCUT2D eigenvalue weighted by Gasteiger charge is 2.22. The number of amides is 1. The Bertz CT molecular complexity index is 1290. The van der Waals surface area contributed by atoms with E-state index >= 15 is 0 Å². The Kier molecular flexibility index (Phi) is 10.9. The summed E-state index contributed by atoms with van der Waals surface area (Å²) in [5.74, 6) is -0.421. The molecule has 0 spiro atoms. The average Bonchev–Trinajstić information content (AvgIpc) is 2.83. The number of anilines is 1. The number of aliphatic carboxylic acids is 1. The van der Waals surface area contributed by atoms with Gasteiger partial charge in [-0.2, -0.15) is 0 Å². The van der Waals surface area contributed by atoms with Gasteiger partial charge in [0.2, 0.25) is 5.91 Å². The summed E-state index contributed by atoms with van der Waals surface area (Å²) in [6, 6.07) is 10.4. The number of hydrogen-bond donors (Lipinski definition) is 5. The lowest BCUT2D eigenvalue weighted by atomic mass is 9.89. The molecule has 0 unspecified atom stereocenters. The van der Waals surface area contributed by atoms with E-state index in [2.05, 4.69) is 5.32 Å². The Morgan fingerprint density at radius 1 is 1.06 bits per heavy atom. The second-order valence-corrected chi connectivity index (χ2v) is 8.34. The number of benzene rings is 2. The first-order valence-electron chi connectivity index (χ1n) is 12.0. The van der Waals surface area contributed by atoms with Crippen LogP contribution < -0.4 is 22.1 Å². The maximum absolute atomic E-state index is 11.7. The number of unbranched alkanes of at least 4 members (excludes halogenated alkanes) is 3. The van der Waals surface area contributed by atoms with E-state index in [1.54, 1.807) is 63.3 Å². The van der Waals surface area contributed by atoms with Gasteiger partial charge in [-0.3, -0.25) is 4.79 Å². The number of nitrogens with one attached hydrogen (secondary N) is 2. The summed E-state index contributed by atoms with van der Waals surface area (Å²) < 4.78 is 5.92. The van der Waals surface area contributed by atoms with Crippen LogP contribution in [0.25, 0.3) is 27.9 Å². The number of hydrogen-bond acceptors (Lipinski definition) is 6. The third kappa shape index (κ3) is 7.55. The molecule has 8 nitrogen and oxygen atoms in total. The predicted octanol–water partition coefficient (Wildman–Crippen LogP) is 4.68. The third-order valence-electron chi connectivity index (χ3n) is 5.62. The first-order valence-corrected chi connectivity index (χ1v) is 12.0. The Morgan fingerprint density at radius 3 is 2.39 bits per heavy atom. The molecule has 1 aromatic carbocycles. The van der Waals surface area contributed by atoms with Crippen molar-refractivity contribution in [3.05, 3.63) is 65.0 Å². The van der Waals surface area contributed by atoms with Crippen LogP contribution in [0, 0.1) is 5.41 Å². The zero-order valence-electron chi connectivity index (χ0n) is 21.2. The molecule has 0 aromatic heterocycles. The van der Waals surface area contributed by atoms with Crippen molar-refractivity contribution in [1.82, 2.24) is 5.32 Å². The monoisotopic (exact) mass is 492 g/mol. The van der Waals surface area contributed by atoms with Crippen LogP contribution in [0.2, 0.25) is 0 Å². The fourth-order valence-electron chi connectivity index (χ4n) is 3.91. The van der Waals surface area contributed by atoms with Gasteiger partial charge in [-0.05, 0) is 63.1 Å². The van der Waals surface area contributed by atoms with E-state index < -0.39 is 5.97 Å². The molecule has 0 radical (unpaired) electrons. The van der Waals surface area contributed by atoms with E-state index in [4.69, 9.17) is 21.3 Å².